The summed E-state index contributed by atoms with van der Waals surface area (Å²) in [6.45, 7) is -0.311. The number of thiazole rings is 1. The Morgan fingerprint density at radius 2 is 1.78 bits per heavy atom. The third-order valence-corrected chi connectivity index (χ3v) is 9.84. The summed E-state index contributed by atoms with van der Waals surface area (Å²) in [5, 5.41) is 3.07. The van der Waals surface area contributed by atoms with E-state index in [1.165, 1.54) is 30.3 Å². The molecule has 3 amide bonds. The summed E-state index contributed by atoms with van der Waals surface area (Å²) in [6.07, 6.45) is 0. The largest absolute Gasteiger partial charge is 0.484 e. The number of H-pyrrole nitrogens is 1. The lowest BCUT2D eigenvalue weighted by Crippen LogP contribution is -2.32. The van der Waals surface area contributed by atoms with Crippen LogP contribution in [0.4, 0.5) is 15.8 Å². The molecule has 41 heavy (non-hydrogen) atoms. The molecule has 4 aromatic rings. The first-order valence-corrected chi connectivity index (χ1v) is 14.7. The molecule has 2 aliphatic heterocycles. The highest BCUT2D eigenvalue weighted by Crippen LogP contribution is 2.53. The first kappa shape index (κ1) is 27.5. The Kier molecular flexibility index (Phi) is 7.37. The number of thioether (sulfide) groups is 1. The van der Waals surface area contributed by atoms with Gasteiger partial charge < -0.3 is 15.0 Å². The van der Waals surface area contributed by atoms with Gasteiger partial charge in [0.15, 0.2) is 6.61 Å². The Balaban J connectivity index is 1.27. The average Bonchev–Trinajstić information content (AvgIpc) is 3.44. The highest BCUT2D eigenvalue weighted by Gasteiger charge is 2.56. The van der Waals surface area contributed by atoms with Gasteiger partial charge in [-0.25, -0.2) is 9.29 Å². The van der Waals surface area contributed by atoms with Crippen LogP contribution in [-0.2, 0) is 14.4 Å². The summed E-state index contributed by atoms with van der Waals surface area (Å²) in [4.78, 5) is 56.3. The molecule has 0 radical (unpaired) electrons. The van der Waals surface area contributed by atoms with Gasteiger partial charge in [0.05, 0.1) is 26.7 Å². The second kappa shape index (κ2) is 11.0. The maximum absolute atomic E-state index is 13.8. The standard InChI is InChI=1S/C28H18Cl2FN3O5S2/c29-18-9-6-15(11-19(18)30)32-20(35)12-39-17-3-1-2-13(10-17)21-22-24(40-25-23(21)41-28(38)33-25)27(37)34(26(22)36)16-7-4-14(31)5-8-16/h1-11,21-22,24H,12H2,(H,32,35)(H,33,38)/t21-,22-,24+/m0/s1. The predicted molar refractivity (Wildman–Crippen MR) is 156 cm³/mol. The Labute approximate surface area is 250 Å². The maximum Gasteiger partial charge on any atom is 0.305 e. The number of carbonyl (C=O) groups is 3. The molecule has 0 unspecified atom stereocenters. The summed E-state index contributed by atoms with van der Waals surface area (Å²) in [7, 11) is 0. The fourth-order valence-electron chi connectivity index (χ4n) is 4.94. The molecule has 0 saturated carbocycles. The van der Waals surface area contributed by atoms with Gasteiger partial charge >= 0.3 is 4.87 Å². The molecule has 3 heterocycles. The summed E-state index contributed by atoms with van der Waals surface area (Å²) in [6, 6.07) is 16.7. The van der Waals surface area contributed by atoms with E-state index < -0.39 is 40.6 Å². The first-order chi connectivity index (χ1) is 19.7. The van der Waals surface area contributed by atoms with E-state index in [1.807, 2.05) is 0 Å². The van der Waals surface area contributed by atoms with Crippen LogP contribution in [0.15, 0.2) is 76.6 Å². The van der Waals surface area contributed by atoms with Crippen LogP contribution < -0.4 is 19.8 Å². The molecule has 2 aliphatic rings. The van der Waals surface area contributed by atoms with E-state index in [2.05, 4.69) is 10.3 Å². The number of aromatic amines is 1. The number of nitrogens with zero attached hydrogens (tertiary/aromatic N) is 1. The fourth-order valence-corrected chi connectivity index (χ4v) is 7.75. The van der Waals surface area contributed by atoms with Gasteiger partial charge in [-0.15, -0.1) is 0 Å². The SMILES string of the molecule is O=C(COc1cccc([C@@H]2c3sc(=O)[nH]c3S[C@H]3C(=O)N(c4ccc(F)cc4)C(=O)[C@@H]23)c1)Nc1ccc(Cl)c(Cl)c1. The Bertz CT molecular complexity index is 1760. The van der Waals surface area contributed by atoms with Crippen molar-refractivity contribution in [1.29, 1.82) is 0 Å². The summed E-state index contributed by atoms with van der Waals surface area (Å²) in [5.74, 6) is -2.88. The number of hydrogen-bond donors (Lipinski definition) is 2. The van der Waals surface area contributed by atoms with Crippen LogP contribution in [0.2, 0.25) is 10.0 Å². The lowest BCUT2D eigenvalue weighted by atomic mass is 9.83. The molecule has 0 aliphatic carbocycles. The van der Waals surface area contributed by atoms with E-state index in [4.69, 9.17) is 27.9 Å². The number of hydrogen-bond acceptors (Lipinski definition) is 7. The molecule has 0 bridgehead atoms. The fraction of sp³-hybridized carbons (Fsp3) is 0.143. The summed E-state index contributed by atoms with van der Waals surface area (Å²) < 4.78 is 19.3. The highest BCUT2D eigenvalue weighted by atomic mass is 35.5. The zero-order valence-corrected chi connectivity index (χ0v) is 23.9. The third-order valence-electron chi connectivity index (χ3n) is 6.70. The van der Waals surface area contributed by atoms with Crippen LogP contribution in [-0.4, -0.2) is 34.6 Å². The number of nitrogens with one attached hydrogen (secondary N) is 2. The van der Waals surface area contributed by atoms with Gasteiger partial charge in [-0.2, -0.15) is 0 Å². The third kappa shape index (κ3) is 5.26. The molecule has 8 nitrogen and oxygen atoms in total. The smallest absolute Gasteiger partial charge is 0.305 e. The summed E-state index contributed by atoms with van der Waals surface area (Å²) >= 11 is 14.1. The molecule has 1 fully saturated rings. The van der Waals surface area contributed by atoms with Gasteiger partial charge in [0, 0.05) is 16.5 Å². The quantitative estimate of drug-likeness (QED) is 0.265. The second-order valence-corrected chi connectivity index (χ2v) is 12.3. The van der Waals surface area contributed by atoms with E-state index in [9.17, 15) is 23.6 Å². The van der Waals surface area contributed by atoms with Crippen molar-refractivity contribution < 1.29 is 23.5 Å². The van der Waals surface area contributed by atoms with Gasteiger partial charge in [-0.3, -0.25) is 19.2 Å². The van der Waals surface area contributed by atoms with Crippen molar-refractivity contribution >= 4 is 75.4 Å². The van der Waals surface area contributed by atoms with E-state index in [0.717, 1.165) is 28.0 Å². The molecule has 0 spiro atoms. The lowest BCUT2D eigenvalue weighted by molar-refractivity contribution is -0.122. The van der Waals surface area contributed by atoms with E-state index in [-0.39, 0.29) is 17.2 Å². The first-order valence-electron chi connectivity index (χ1n) is 12.2. The average molecular weight is 631 g/mol. The van der Waals surface area contributed by atoms with Crippen molar-refractivity contribution in [3.8, 4) is 5.75 Å². The van der Waals surface area contributed by atoms with E-state index in [1.54, 1.807) is 36.4 Å². The number of anilines is 2. The number of imide groups is 1. The van der Waals surface area contributed by atoms with Crippen LogP contribution in [0.3, 0.4) is 0 Å². The number of carbonyl (C=O) groups excluding carboxylic acids is 3. The molecule has 6 rings (SSSR count). The Hall–Kier alpha value is -3.64. The van der Waals surface area contributed by atoms with Crippen LogP contribution >= 0.6 is 46.3 Å². The molecule has 1 aromatic heterocycles. The zero-order valence-electron chi connectivity index (χ0n) is 20.7. The lowest BCUT2D eigenvalue weighted by Gasteiger charge is -2.30. The predicted octanol–water partition coefficient (Wildman–Crippen LogP) is 5.70. The van der Waals surface area contributed by atoms with Crippen molar-refractivity contribution in [2.75, 3.05) is 16.8 Å². The van der Waals surface area contributed by atoms with Gasteiger partial charge in [-0.1, -0.05) is 58.4 Å². The van der Waals surface area contributed by atoms with Crippen molar-refractivity contribution in [3.05, 3.63) is 103 Å². The molecule has 3 aromatic carbocycles. The van der Waals surface area contributed by atoms with E-state index in [0.29, 0.717) is 36.9 Å². The van der Waals surface area contributed by atoms with E-state index >= 15 is 0 Å². The number of rotatable bonds is 6. The number of amides is 3. The van der Waals surface area contributed by atoms with Crippen LogP contribution in [0.1, 0.15) is 16.4 Å². The molecular formula is C28H18Cl2FN3O5S2. The number of halogens is 3. The van der Waals surface area contributed by atoms with Crippen LogP contribution in [0.25, 0.3) is 0 Å². The Morgan fingerprint density at radius 3 is 2.54 bits per heavy atom. The normalized spacial score (nSPS) is 19.6. The minimum absolute atomic E-state index is 0.275. The van der Waals surface area contributed by atoms with Crippen molar-refractivity contribution in [2.24, 2.45) is 5.92 Å². The molecular weight excluding hydrogens is 612 g/mol. The monoisotopic (exact) mass is 629 g/mol. The summed E-state index contributed by atoms with van der Waals surface area (Å²) in [5.41, 5.74) is 1.37. The molecule has 2 N–H and O–H groups in total. The van der Waals surface area contributed by atoms with Crippen LogP contribution in [0, 0.1) is 11.7 Å². The number of benzene rings is 3. The number of fused-ring (bicyclic) bond motifs is 2. The minimum Gasteiger partial charge on any atom is -0.484 e. The Morgan fingerprint density at radius 1 is 1.00 bits per heavy atom. The number of ether oxygens (including phenoxy) is 1. The van der Waals surface area contributed by atoms with Crippen molar-refractivity contribution in [1.82, 2.24) is 4.98 Å². The van der Waals surface area contributed by atoms with Crippen LogP contribution in [0.5, 0.6) is 5.75 Å². The zero-order chi connectivity index (χ0) is 28.8. The molecule has 3 atom stereocenters. The van der Waals surface area contributed by atoms with Crippen molar-refractivity contribution in [2.45, 2.75) is 16.2 Å². The molecule has 13 heteroatoms. The molecule has 208 valence electrons. The maximum atomic E-state index is 13.8. The second-order valence-electron chi connectivity index (χ2n) is 9.28. The molecule has 1 saturated heterocycles. The van der Waals surface area contributed by atoms with Gasteiger partial charge in [0.1, 0.15) is 16.8 Å². The minimum atomic E-state index is -0.815. The highest BCUT2D eigenvalue weighted by molar-refractivity contribution is 8.00. The van der Waals surface area contributed by atoms with Gasteiger partial charge in [0.25, 0.3) is 5.91 Å². The van der Waals surface area contributed by atoms with Gasteiger partial charge in [0.2, 0.25) is 11.8 Å². The van der Waals surface area contributed by atoms with Gasteiger partial charge in [-0.05, 0) is 60.2 Å². The van der Waals surface area contributed by atoms with Crippen molar-refractivity contribution in [3.63, 3.8) is 0 Å². The topological polar surface area (TPSA) is 109 Å². The number of aromatic nitrogens is 1.